The van der Waals surface area contributed by atoms with Crippen LogP contribution in [0.2, 0.25) is 0 Å². The number of hydrogen-bond acceptors (Lipinski definition) is 6. The lowest BCUT2D eigenvalue weighted by Gasteiger charge is -2.29. The smallest absolute Gasteiger partial charge is 0.338 e. The van der Waals surface area contributed by atoms with Gasteiger partial charge < -0.3 is 4.74 Å². The molecule has 4 unspecified atom stereocenters. The number of carbonyl (C=O) groups excluding carboxylic acids is 4. The van der Waals surface area contributed by atoms with Crippen molar-refractivity contribution in [3.8, 4) is 0 Å². The number of ether oxygens (including phenoxy) is 1. The molecule has 3 amide bonds. The minimum atomic E-state index is -0.790. The number of hydrazone groups is 1. The van der Waals surface area contributed by atoms with Gasteiger partial charge in [0, 0.05) is 5.92 Å². The number of nitrogens with zero attached hydrogens (tertiary/aromatic N) is 3. The van der Waals surface area contributed by atoms with Crippen molar-refractivity contribution in [2.45, 2.75) is 45.1 Å². The van der Waals surface area contributed by atoms with E-state index in [4.69, 9.17) is 9.84 Å². The Morgan fingerprint density at radius 1 is 0.896 bits per heavy atom. The Kier molecular flexibility index (Phi) is 8.33. The topological polar surface area (TPSA) is 96.3 Å². The van der Waals surface area contributed by atoms with Crippen LogP contribution in [0.4, 0.5) is 14.5 Å². The largest absolute Gasteiger partial charge is 0.452 e. The zero-order chi connectivity index (χ0) is 33.5. The van der Waals surface area contributed by atoms with Gasteiger partial charge in [-0.2, -0.15) is 5.10 Å². The molecule has 2 heterocycles. The van der Waals surface area contributed by atoms with E-state index < -0.39 is 42.2 Å². The minimum absolute atomic E-state index is 0.0954. The fourth-order valence-corrected chi connectivity index (χ4v) is 7.25. The number of rotatable bonds is 6. The Balaban J connectivity index is 1.12. The molecule has 4 aliphatic rings. The average molecular weight is 650 g/mol. The molecule has 3 aromatic rings. The molecule has 7 rings (SSSR count). The molecular formula is C38H33F2N3O5. The van der Waals surface area contributed by atoms with Crippen molar-refractivity contribution in [1.82, 2.24) is 5.01 Å². The van der Waals surface area contributed by atoms with E-state index in [1.165, 1.54) is 46.3 Å². The zero-order valence-electron chi connectivity index (χ0n) is 26.3. The van der Waals surface area contributed by atoms with Gasteiger partial charge in [-0.15, -0.1) is 0 Å². The third-order valence-electron chi connectivity index (χ3n) is 9.70. The van der Waals surface area contributed by atoms with Crippen molar-refractivity contribution in [3.05, 3.63) is 118 Å². The number of carbonyl (C=O) groups is 4. The molecular weight excluding hydrogens is 616 g/mol. The predicted molar refractivity (Wildman–Crippen MR) is 174 cm³/mol. The zero-order valence-corrected chi connectivity index (χ0v) is 26.3. The monoisotopic (exact) mass is 649 g/mol. The lowest BCUT2D eigenvalue weighted by atomic mass is 9.77. The van der Waals surface area contributed by atoms with Crippen molar-refractivity contribution < 1.29 is 32.7 Å². The summed E-state index contributed by atoms with van der Waals surface area (Å²) in [5.74, 6) is -3.67. The van der Waals surface area contributed by atoms with E-state index in [0.29, 0.717) is 29.7 Å². The third kappa shape index (κ3) is 5.76. The molecule has 2 fully saturated rings. The van der Waals surface area contributed by atoms with Gasteiger partial charge in [0.05, 0.1) is 34.8 Å². The van der Waals surface area contributed by atoms with Gasteiger partial charge in [0.2, 0.25) is 11.8 Å². The van der Waals surface area contributed by atoms with Gasteiger partial charge in [-0.05, 0) is 104 Å². The first-order chi connectivity index (χ1) is 23.2. The minimum Gasteiger partial charge on any atom is -0.452 e. The maximum Gasteiger partial charge on any atom is 0.338 e. The molecule has 0 bridgehead atoms. The molecule has 2 aliphatic heterocycles. The standard InChI is InChI=1S/C38H33F2N3O5/c1-22-9-12-26(20-32(22)42-36(45)29-6-2-3-7-30(29)37(42)46)38(47)48-21-33(44)43-35(24-13-17-28(40)18-14-24)31-8-4-5-25(34(31)41-43)19-23-10-15-27(39)16-11-23/h2-3,9-20,29-31,35H,4-8,21H2,1H3/b25-19-. The van der Waals surface area contributed by atoms with Crippen LogP contribution in [0.15, 0.2) is 89.6 Å². The Morgan fingerprint density at radius 2 is 1.54 bits per heavy atom. The highest BCUT2D eigenvalue weighted by atomic mass is 19.1. The second kappa shape index (κ2) is 12.7. The summed E-state index contributed by atoms with van der Waals surface area (Å²) < 4.78 is 32.9. The van der Waals surface area contributed by atoms with Gasteiger partial charge in [-0.1, -0.05) is 42.5 Å². The van der Waals surface area contributed by atoms with E-state index >= 15 is 0 Å². The lowest BCUT2D eigenvalue weighted by Crippen LogP contribution is -2.34. The summed E-state index contributed by atoms with van der Waals surface area (Å²) in [5.41, 5.74) is 4.21. The van der Waals surface area contributed by atoms with Crippen LogP contribution in [0.25, 0.3) is 6.08 Å². The second-order valence-electron chi connectivity index (χ2n) is 12.7. The molecule has 10 heteroatoms. The van der Waals surface area contributed by atoms with E-state index in [1.54, 1.807) is 37.3 Å². The number of esters is 1. The summed E-state index contributed by atoms with van der Waals surface area (Å²) in [7, 11) is 0. The van der Waals surface area contributed by atoms with Crippen LogP contribution in [-0.2, 0) is 19.1 Å². The van der Waals surface area contributed by atoms with Crippen LogP contribution in [0, 0.1) is 36.3 Å². The van der Waals surface area contributed by atoms with Gasteiger partial charge in [0.15, 0.2) is 6.61 Å². The van der Waals surface area contributed by atoms with Gasteiger partial charge in [-0.25, -0.2) is 23.5 Å². The van der Waals surface area contributed by atoms with Crippen LogP contribution in [0.1, 0.15) is 65.2 Å². The summed E-state index contributed by atoms with van der Waals surface area (Å²) in [6.07, 6.45) is 9.06. The average Bonchev–Trinajstić information content (AvgIpc) is 3.61. The first kappa shape index (κ1) is 31.4. The van der Waals surface area contributed by atoms with E-state index in [9.17, 15) is 28.0 Å². The normalized spacial score (nSPS) is 24.1. The number of allylic oxidation sites excluding steroid dienone is 3. The van der Waals surface area contributed by atoms with E-state index in [2.05, 4.69) is 0 Å². The maximum atomic E-state index is 13.9. The highest BCUT2D eigenvalue weighted by Gasteiger charge is 2.48. The molecule has 48 heavy (non-hydrogen) atoms. The highest BCUT2D eigenvalue weighted by Crippen LogP contribution is 2.44. The predicted octanol–water partition coefficient (Wildman–Crippen LogP) is 6.71. The van der Waals surface area contributed by atoms with Crippen molar-refractivity contribution in [3.63, 3.8) is 0 Å². The summed E-state index contributed by atoms with van der Waals surface area (Å²) in [6, 6.07) is 16.2. The molecule has 0 N–H and O–H groups in total. The van der Waals surface area contributed by atoms with E-state index in [1.807, 2.05) is 18.2 Å². The lowest BCUT2D eigenvalue weighted by molar-refractivity contribution is -0.137. The summed E-state index contributed by atoms with van der Waals surface area (Å²) >= 11 is 0. The third-order valence-corrected chi connectivity index (χ3v) is 9.70. The number of anilines is 1. The van der Waals surface area contributed by atoms with Crippen molar-refractivity contribution in [1.29, 1.82) is 0 Å². The van der Waals surface area contributed by atoms with Crippen LogP contribution in [-0.4, -0.2) is 41.0 Å². The fourth-order valence-electron chi connectivity index (χ4n) is 7.25. The molecule has 1 saturated carbocycles. The van der Waals surface area contributed by atoms with Gasteiger partial charge >= 0.3 is 5.97 Å². The highest BCUT2D eigenvalue weighted by molar-refractivity contribution is 6.22. The SMILES string of the molecule is Cc1ccc(C(=O)OCC(=O)N2N=C3/C(=C\c4ccc(F)cc4)CCCC3C2c2ccc(F)cc2)cc1N1C(=O)C2CC=CCC2C1=O. The van der Waals surface area contributed by atoms with E-state index in [-0.39, 0.29) is 29.1 Å². The van der Waals surface area contributed by atoms with Gasteiger partial charge in [0.1, 0.15) is 11.6 Å². The van der Waals surface area contributed by atoms with Crippen LogP contribution in [0.5, 0.6) is 0 Å². The van der Waals surface area contributed by atoms with Gasteiger partial charge in [-0.3, -0.25) is 14.4 Å². The number of aryl methyl sites for hydroxylation is 1. The Hall–Kier alpha value is -5.25. The Labute approximate surface area is 276 Å². The first-order valence-electron chi connectivity index (χ1n) is 16.1. The quantitative estimate of drug-likeness (QED) is 0.168. The molecule has 0 aromatic heterocycles. The first-order valence-corrected chi connectivity index (χ1v) is 16.1. The summed E-state index contributed by atoms with van der Waals surface area (Å²) in [5, 5.41) is 6.07. The molecule has 2 aliphatic carbocycles. The van der Waals surface area contributed by atoms with Crippen molar-refractivity contribution >= 4 is 41.2 Å². The molecule has 8 nitrogen and oxygen atoms in total. The molecule has 0 radical (unpaired) electrons. The van der Waals surface area contributed by atoms with Crippen molar-refractivity contribution in [2.24, 2.45) is 22.9 Å². The van der Waals surface area contributed by atoms with Crippen LogP contribution in [0.3, 0.4) is 0 Å². The molecule has 3 aromatic carbocycles. The Bertz CT molecular complexity index is 1870. The Morgan fingerprint density at radius 3 is 2.21 bits per heavy atom. The van der Waals surface area contributed by atoms with Crippen molar-refractivity contribution in [2.75, 3.05) is 11.5 Å². The fraction of sp³-hybridized carbons (Fsp3) is 0.289. The molecule has 0 spiro atoms. The number of amides is 3. The number of benzene rings is 3. The van der Waals surface area contributed by atoms with E-state index in [0.717, 1.165) is 36.1 Å². The number of imide groups is 1. The number of fused-ring (bicyclic) bond motifs is 2. The summed E-state index contributed by atoms with van der Waals surface area (Å²) in [4.78, 5) is 54.6. The molecule has 244 valence electrons. The number of hydrogen-bond donors (Lipinski definition) is 0. The van der Waals surface area contributed by atoms with Gasteiger partial charge in [0.25, 0.3) is 5.91 Å². The maximum absolute atomic E-state index is 13.9. The molecule has 4 atom stereocenters. The van der Waals surface area contributed by atoms with Crippen LogP contribution < -0.4 is 4.90 Å². The second-order valence-corrected chi connectivity index (χ2v) is 12.7. The molecule has 1 saturated heterocycles. The number of halogens is 2. The summed E-state index contributed by atoms with van der Waals surface area (Å²) in [6.45, 7) is 1.15. The van der Waals surface area contributed by atoms with Crippen LogP contribution >= 0.6 is 0 Å².